The van der Waals surface area contributed by atoms with E-state index in [-0.39, 0.29) is 11.7 Å². The number of rotatable bonds is 9. The molecule has 1 rings (SSSR count). The van der Waals surface area contributed by atoms with E-state index < -0.39 is 0 Å². The Morgan fingerprint density at radius 1 is 1.19 bits per heavy atom. The number of phenols is 1. The number of phenolic OH excluding ortho intramolecular Hbond substituents is 1. The highest BCUT2D eigenvalue weighted by molar-refractivity contribution is 9.10. The molecule has 0 unspecified atom stereocenters. The number of hydrogen-bond donors (Lipinski definition) is 1. The number of benzene rings is 1. The van der Waals surface area contributed by atoms with Gasteiger partial charge in [0.15, 0.2) is 0 Å². The molecule has 0 fully saturated rings. The molecule has 0 aliphatic rings. The third kappa shape index (κ3) is 6.03. The summed E-state index contributed by atoms with van der Waals surface area (Å²) in [5.74, 6) is -0.0902. The van der Waals surface area contributed by atoms with Crippen molar-refractivity contribution in [1.82, 2.24) is 4.90 Å². The fourth-order valence-electron chi connectivity index (χ4n) is 1.78. The SMILES string of the molecule is CCOCCN(CCOCC)C(=O)c1ccc(Br)c(O)c1. The minimum atomic E-state index is -0.141. The summed E-state index contributed by atoms with van der Waals surface area (Å²) in [6.07, 6.45) is 0. The van der Waals surface area contributed by atoms with Crippen molar-refractivity contribution in [2.24, 2.45) is 0 Å². The van der Waals surface area contributed by atoms with Crippen LogP contribution in [-0.4, -0.2) is 55.4 Å². The molecule has 0 aromatic heterocycles. The highest BCUT2D eigenvalue weighted by atomic mass is 79.9. The maximum absolute atomic E-state index is 12.5. The minimum absolute atomic E-state index is 0.0513. The lowest BCUT2D eigenvalue weighted by Crippen LogP contribution is -2.36. The zero-order valence-corrected chi connectivity index (χ0v) is 14.1. The van der Waals surface area contributed by atoms with Crippen LogP contribution >= 0.6 is 15.9 Å². The second-order valence-corrected chi connectivity index (χ2v) is 5.21. The second kappa shape index (κ2) is 9.76. The Morgan fingerprint density at radius 2 is 1.76 bits per heavy atom. The van der Waals surface area contributed by atoms with E-state index in [1.807, 2.05) is 13.8 Å². The number of amides is 1. The van der Waals surface area contributed by atoms with Gasteiger partial charge in [-0.05, 0) is 48.0 Å². The largest absolute Gasteiger partial charge is 0.507 e. The van der Waals surface area contributed by atoms with Crippen molar-refractivity contribution >= 4 is 21.8 Å². The Hall–Kier alpha value is -1.11. The summed E-state index contributed by atoms with van der Waals surface area (Å²) in [5.41, 5.74) is 0.448. The van der Waals surface area contributed by atoms with E-state index in [2.05, 4.69) is 15.9 Å². The maximum Gasteiger partial charge on any atom is 0.254 e. The first kappa shape index (κ1) is 17.9. The van der Waals surface area contributed by atoms with Gasteiger partial charge in [-0.3, -0.25) is 4.79 Å². The van der Waals surface area contributed by atoms with Crippen molar-refractivity contribution in [3.63, 3.8) is 0 Å². The highest BCUT2D eigenvalue weighted by Crippen LogP contribution is 2.24. The average Bonchev–Trinajstić information content (AvgIpc) is 2.48. The van der Waals surface area contributed by atoms with Gasteiger partial charge in [0.25, 0.3) is 5.91 Å². The van der Waals surface area contributed by atoms with Crippen LogP contribution in [0.5, 0.6) is 5.75 Å². The Balaban J connectivity index is 2.73. The van der Waals surface area contributed by atoms with Gasteiger partial charge in [0.1, 0.15) is 5.75 Å². The van der Waals surface area contributed by atoms with E-state index in [1.165, 1.54) is 6.07 Å². The first-order chi connectivity index (χ1) is 10.1. The number of hydrogen-bond acceptors (Lipinski definition) is 4. The van der Waals surface area contributed by atoms with Crippen LogP contribution in [0.3, 0.4) is 0 Å². The molecule has 1 N–H and O–H groups in total. The van der Waals surface area contributed by atoms with Crippen molar-refractivity contribution in [2.45, 2.75) is 13.8 Å². The Morgan fingerprint density at radius 3 is 2.24 bits per heavy atom. The molecule has 0 aliphatic carbocycles. The lowest BCUT2D eigenvalue weighted by molar-refractivity contribution is 0.0550. The summed E-state index contributed by atoms with van der Waals surface area (Å²) in [5, 5.41) is 9.69. The monoisotopic (exact) mass is 359 g/mol. The maximum atomic E-state index is 12.5. The Bertz CT molecular complexity index is 443. The van der Waals surface area contributed by atoms with Crippen molar-refractivity contribution < 1.29 is 19.4 Å². The molecule has 21 heavy (non-hydrogen) atoms. The summed E-state index contributed by atoms with van der Waals surface area (Å²) in [6.45, 7) is 7.03. The molecule has 0 saturated carbocycles. The molecule has 0 saturated heterocycles. The van der Waals surface area contributed by atoms with Gasteiger partial charge in [-0.15, -0.1) is 0 Å². The van der Waals surface area contributed by atoms with Gasteiger partial charge in [0.05, 0.1) is 17.7 Å². The standard InChI is InChI=1S/C15H22BrNO4/c1-3-20-9-7-17(8-10-21-4-2)15(19)12-5-6-13(16)14(18)11-12/h5-6,11,18H,3-4,7-10H2,1-2H3. The van der Waals surface area contributed by atoms with Crippen molar-refractivity contribution in [2.75, 3.05) is 39.5 Å². The predicted molar refractivity (Wildman–Crippen MR) is 84.7 cm³/mol. The van der Waals surface area contributed by atoms with Crippen LogP contribution in [0.15, 0.2) is 22.7 Å². The fraction of sp³-hybridized carbons (Fsp3) is 0.533. The van der Waals surface area contributed by atoms with Gasteiger partial charge < -0.3 is 19.5 Å². The Kier molecular flexibility index (Phi) is 8.34. The minimum Gasteiger partial charge on any atom is -0.507 e. The van der Waals surface area contributed by atoms with Gasteiger partial charge in [-0.25, -0.2) is 0 Å². The van der Waals surface area contributed by atoms with Crippen molar-refractivity contribution in [1.29, 1.82) is 0 Å². The number of carbonyl (C=O) groups excluding carboxylic acids is 1. The summed E-state index contributed by atoms with van der Waals surface area (Å²) >= 11 is 3.20. The molecular formula is C15H22BrNO4. The number of aromatic hydroxyl groups is 1. The van der Waals surface area contributed by atoms with Crippen LogP contribution in [0, 0.1) is 0 Å². The van der Waals surface area contributed by atoms with Gasteiger partial charge in [0, 0.05) is 31.9 Å². The molecular weight excluding hydrogens is 338 g/mol. The fourth-order valence-corrected chi connectivity index (χ4v) is 2.03. The highest BCUT2D eigenvalue weighted by Gasteiger charge is 2.16. The number of ether oxygens (including phenoxy) is 2. The van der Waals surface area contributed by atoms with Gasteiger partial charge in [-0.2, -0.15) is 0 Å². The lowest BCUT2D eigenvalue weighted by atomic mass is 10.2. The molecule has 1 aromatic carbocycles. The number of nitrogens with zero attached hydrogens (tertiary/aromatic N) is 1. The predicted octanol–water partition coefficient (Wildman–Crippen LogP) is 2.67. The molecule has 0 atom stereocenters. The zero-order chi connectivity index (χ0) is 15.7. The molecule has 0 heterocycles. The third-order valence-electron chi connectivity index (χ3n) is 2.90. The zero-order valence-electron chi connectivity index (χ0n) is 12.5. The van der Waals surface area contributed by atoms with E-state index in [0.29, 0.717) is 49.6 Å². The van der Waals surface area contributed by atoms with E-state index in [9.17, 15) is 9.90 Å². The van der Waals surface area contributed by atoms with Crippen molar-refractivity contribution in [3.8, 4) is 5.75 Å². The van der Waals surface area contributed by atoms with Crippen LogP contribution in [0.2, 0.25) is 0 Å². The smallest absolute Gasteiger partial charge is 0.254 e. The third-order valence-corrected chi connectivity index (χ3v) is 3.57. The summed E-state index contributed by atoms with van der Waals surface area (Å²) in [6, 6.07) is 4.80. The summed E-state index contributed by atoms with van der Waals surface area (Å²) in [4.78, 5) is 14.2. The molecule has 0 radical (unpaired) electrons. The number of carbonyl (C=O) groups is 1. The molecule has 1 aromatic rings. The molecule has 5 nitrogen and oxygen atoms in total. The van der Waals surface area contributed by atoms with Crippen molar-refractivity contribution in [3.05, 3.63) is 28.2 Å². The number of halogens is 1. The van der Waals surface area contributed by atoms with Crippen LogP contribution in [-0.2, 0) is 9.47 Å². The first-order valence-corrected chi connectivity index (χ1v) is 7.82. The second-order valence-electron chi connectivity index (χ2n) is 4.35. The van der Waals surface area contributed by atoms with E-state index in [1.54, 1.807) is 17.0 Å². The van der Waals surface area contributed by atoms with E-state index >= 15 is 0 Å². The molecule has 0 spiro atoms. The lowest BCUT2D eigenvalue weighted by Gasteiger charge is -2.22. The molecule has 0 bridgehead atoms. The van der Waals surface area contributed by atoms with Crippen LogP contribution < -0.4 is 0 Å². The van der Waals surface area contributed by atoms with E-state index in [4.69, 9.17) is 9.47 Å². The van der Waals surface area contributed by atoms with Gasteiger partial charge >= 0.3 is 0 Å². The topological polar surface area (TPSA) is 59.0 Å². The Labute approximate surface area is 134 Å². The summed E-state index contributed by atoms with van der Waals surface area (Å²) < 4.78 is 11.2. The molecule has 1 amide bonds. The summed E-state index contributed by atoms with van der Waals surface area (Å²) in [7, 11) is 0. The average molecular weight is 360 g/mol. The normalized spacial score (nSPS) is 10.6. The molecule has 118 valence electrons. The van der Waals surface area contributed by atoms with Crippen LogP contribution in [0.4, 0.5) is 0 Å². The quantitative estimate of drug-likeness (QED) is 0.688. The van der Waals surface area contributed by atoms with Crippen LogP contribution in [0.1, 0.15) is 24.2 Å². The van der Waals surface area contributed by atoms with Gasteiger partial charge in [-0.1, -0.05) is 0 Å². The van der Waals surface area contributed by atoms with Gasteiger partial charge in [0.2, 0.25) is 0 Å². The van der Waals surface area contributed by atoms with E-state index in [0.717, 1.165) is 0 Å². The molecule has 6 heteroatoms. The molecule has 0 aliphatic heterocycles. The first-order valence-electron chi connectivity index (χ1n) is 7.03. The van der Waals surface area contributed by atoms with Crippen LogP contribution in [0.25, 0.3) is 0 Å².